The van der Waals surface area contributed by atoms with Crippen molar-refractivity contribution < 1.29 is 9.47 Å². The number of aromatic nitrogens is 3. The molecule has 4 aromatic rings. The van der Waals surface area contributed by atoms with Crippen LogP contribution >= 0.6 is 0 Å². The van der Waals surface area contributed by atoms with Gasteiger partial charge in [0, 0.05) is 36.8 Å². The van der Waals surface area contributed by atoms with E-state index in [0.29, 0.717) is 6.61 Å². The molecule has 6 rings (SSSR count). The normalized spacial score (nSPS) is 19.6. The number of fused-ring (bicyclic) bond motifs is 4. The van der Waals surface area contributed by atoms with Gasteiger partial charge in [0.2, 0.25) is 0 Å². The molecule has 0 radical (unpaired) electrons. The van der Waals surface area contributed by atoms with E-state index in [1.807, 2.05) is 54.0 Å². The largest absolute Gasteiger partial charge is 0.486 e. The number of ether oxygens (including phenoxy) is 2. The molecule has 1 N–H and O–H groups in total. The Morgan fingerprint density at radius 2 is 1.94 bits per heavy atom. The van der Waals surface area contributed by atoms with Crippen LogP contribution in [-0.4, -0.2) is 51.8 Å². The molecule has 1 fully saturated rings. The van der Waals surface area contributed by atoms with Crippen molar-refractivity contribution in [1.82, 2.24) is 19.4 Å². The van der Waals surface area contributed by atoms with Crippen LogP contribution < -0.4 is 15.2 Å². The van der Waals surface area contributed by atoms with Crippen molar-refractivity contribution in [3.05, 3.63) is 64.7 Å². The number of pyridine rings is 1. The van der Waals surface area contributed by atoms with E-state index in [1.54, 1.807) is 0 Å². The van der Waals surface area contributed by atoms with Crippen molar-refractivity contribution in [2.75, 3.05) is 26.2 Å². The first-order valence-electron chi connectivity index (χ1n) is 11.3. The molecule has 0 bridgehead atoms. The maximum absolute atomic E-state index is 12.5. The van der Waals surface area contributed by atoms with Gasteiger partial charge in [0.1, 0.15) is 12.7 Å². The van der Waals surface area contributed by atoms with Gasteiger partial charge in [-0.1, -0.05) is 12.1 Å². The van der Waals surface area contributed by atoms with Gasteiger partial charge in [-0.05, 0) is 56.2 Å². The number of rotatable bonds is 3. The van der Waals surface area contributed by atoms with Gasteiger partial charge in [-0.2, -0.15) is 0 Å². The highest BCUT2D eigenvalue weighted by Gasteiger charge is 2.29. The zero-order chi connectivity index (χ0) is 21.7. The summed E-state index contributed by atoms with van der Waals surface area (Å²) in [5.41, 5.74) is 3.80. The van der Waals surface area contributed by atoms with Gasteiger partial charge >= 0.3 is 5.69 Å². The highest BCUT2D eigenvalue weighted by atomic mass is 16.6. The first-order valence-corrected chi connectivity index (χ1v) is 11.3. The SMILES string of the molecule is Cc1ccc2c3c(ccc2n1)OCC(CN1CCC(n2c(=O)[nH]c4ccccc42)CC1)O3. The molecule has 2 aromatic heterocycles. The number of piperidine rings is 1. The smallest absolute Gasteiger partial charge is 0.326 e. The summed E-state index contributed by atoms with van der Waals surface area (Å²) >= 11 is 0. The molecule has 0 aliphatic carbocycles. The number of nitrogens with zero attached hydrogens (tertiary/aromatic N) is 3. The van der Waals surface area contributed by atoms with Crippen LogP contribution in [-0.2, 0) is 0 Å². The standard InChI is InChI=1S/C25H26N4O3/c1-16-6-7-19-20(26-16)8-9-23-24(19)32-18(15-31-23)14-28-12-10-17(11-13-28)29-22-5-3-2-4-21(22)27-25(29)30/h2-9,17-18H,10-15H2,1H3,(H,27,30). The van der Waals surface area contributed by atoms with Crippen LogP contribution in [0.15, 0.2) is 53.3 Å². The van der Waals surface area contributed by atoms with E-state index < -0.39 is 0 Å². The van der Waals surface area contributed by atoms with Crippen LogP contribution in [0.1, 0.15) is 24.6 Å². The first kappa shape index (κ1) is 19.4. The Labute approximate surface area is 185 Å². The third kappa shape index (κ3) is 3.33. The Hall–Kier alpha value is -3.32. The number of aromatic amines is 1. The fraction of sp³-hybridized carbons (Fsp3) is 0.360. The monoisotopic (exact) mass is 430 g/mol. The lowest BCUT2D eigenvalue weighted by atomic mass is 10.0. The van der Waals surface area contributed by atoms with E-state index in [1.165, 1.54) is 0 Å². The highest BCUT2D eigenvalue weighted by Crippen LogP contribution is 2.38. The van der Waals surface area contributed by atoms with Gasteiger partial charge in [-0.15, -0.1) is 0 Å². The fourth-order valence-corrected chi connectivity index (χ4v) is 5.05. The third-order valence-corrected chi connectivity index (χ3v) is 6.64. The second-order valence-electron chi connectivity index (χ2n) is 8.81. The number of nitrogens with one attached hydrogen (secondary N) is 1. The number of para-hydroxylation sites is 2. The molecule has 2 aromatic carbocycles. The summed E-state index contributed by atoms with van der Waals surface area (Å²) in [5.74, 6) is 1.59. The van der Waals surface area contributed by atoms with E-state index in [2.05, 4.69) is 20.9 Å². The molecule has 1 unspecified atom stereocenters. The first-order chi connectivity index (χ1) is 15.7. The van der Waals surface area contributed by atoms with Gasteiger partial charge in [-0.3, -0.25) is 14.5 Å². The quantitative estimate of drug-likeness (QED) is 0.537. The van der Waals surface area contributed by atoms with Crippen molar-refractivity contribution in [3.63, 3.8) is 0 Å². The third-order valence-electron chi connectivity index (χ3n) is 6.64. The van der Waals surface area contributed by atoms with E-state index in [9.17, 15) is 4.79 Å². The van der Waals surface area contributed by atoms with Gasteiger partial charge in [0.05, 0.1) is 16.6 Å². The average Bonchev–Trinajstić information content (AvgIpc) is 3.15. The Bertz CT molecular complexity index is 1350. The molecule has 2 aliphatic rings. The average molecular weight is 431 g/mol. The maximum Gasteiger partial charge on any atom is 0.326 e. The minimum Gasteiger partial charge on any atom is -0.486 e. The van der Waals surface area contributed by atoms with Crippen molar-refractivity contribution in [1.29, 1.82) is 0 Å². The lowest BCUT2D eigenvalue weighted by molar-refractivity contribution is 0.0499. The zero-order valence-electron chi connectivity index (χ0n) is 18.1. The number of benzene rings is 2. The highest BCUT2D eigenvalue weighted by molar-refractivity contribution is 5.88. The van der Waals surface area contributed by atoms with Crippen LogP contribution in [0.4, 0.5) is 0 Å². The minimum atomic E-state index is -0.0261. The summed E-state index contributed by atoms with van der Waals surface area (Å²) in [4.78, 5) is 22.5. The van der Waals surface area contributed by atoms with Crippen LogP contribution in [0, 0.1) is 6.92 Å². The summed E-state index contributed by atoms with van der Waals surface area (Å²) in [5, 5.41) is 0.996. The molecule has 0 amide bonds. The lowest BCUT2D eigenvalue weighted by Crippen LogP contribution is -2.45. The van der Waals surface area contributed by atoms with Gasteiger partial charge in [-0.25, -0.2) is 4.79 Å². The minimum absolute atomic E-state index is 0.0130. The van der Waals surface area contributed by atoms with E-state index in [-0.39, 0.29) is 17.8 Å². The van der Waals surface area contributed by atoms with Crippen LogP contribution in [0.25, 0.3) is 21.9 Å². The maximum atomic E-state index is 12.5. The van der Waals surface area contributed by atoms with Gasteiger partial charge < -0.3 is 14.5 Å². The van der Waals surface area contributed by atoms with E-state index in [4.69, 9.17) is 9.47 Å². The number of hydrogen-bond acceptors (Lipinski definition) is 5. The molecule has 2 aliphatic heterocycles. The zero-order valence-corrected chi connectivity index (χ0v) is 18.1. The molecule has 7 nitrogen and oxygen atoms in total. The summed E-state index contributed by atoms with van der Waals surface area (Å²) in [6.07, 6.45) is 1.86. The molecule has 0 saturated carbocycles. The molecule has 32 heavy (non-hydrogen) atoms. The summed E-state index contributed by atoms with van der Waals surface area (Å²) in [6, 6.07) is 16.1. The molecule has 1 atom stereocenters. The summed E-state index contributed by atoms with van der Waals surface area (Å²) in [6.45, 7) is 5.20. The van der Waals surface area contributed by atoms with Crippen LogP contribution in [0.2, 0.25) is 0 Å². The van der Waals surface area contributed by atoms with Crippen molar-refractivity contribution >= 4 is 21.9 Å². The Morgan fingerprint density at radius 3 is 2.81 bits per heavy atom. The molecular weight excluding hydrogens is 404 g/mol. The molecule has 1 saturated heterocycles. The molecule has 7 heteroatoms. The second-order valence-corrected chi connectivity index (χ2v) is 8.81. The van der Waals surface area contributed by atoms with E-state index >= 15 is 0 Å². The Morgan fingerprint density at radius 1 is 1.09 bits per heavy atom. The van der Waals surface area contributed by atoms with Crippen LogP contribution in [0.3, 0.4) is 0 Å². The summed E-state index contributed by atoms with van der Waals surface area (Å²) < 4.78 is 14.4. The van der Waals surface area contributed by atoms with Crippen molar-refractivity contribution in [2.24, 2.45) is 0 Å². The number of imidazole rings is 1. The topological polar surface area (TPSA) is 72.4 Å². The Balaban J connectivity index is 1.15. The molecule has 4 heterocycles. The van der Waals surface area contributed by atoms with E-state index in [0.717, 1.165) is 71.6 Å². The number of hydrogen-bond donors (Lipinski definition) is 1. The predicted molar refractivity (Wildman–Crippen MR) is 124 cm³/mol. The molecule has 0 spiro atoms. The molecular formula is C25H26N4O3. The number of H-pyrrole nitrogens is 1. The van der Waals surface area contributed by atoms with Crippen molar-refractivity contribution in [3.8, 4) is 11.5 Å². The Kier molecular flexibility index (Phi) is 4.64. The number of aryl methyl sites for hydroxylation is 1. The number of likely N-dealkylation sites (tertiary alicyclic amines) is 1. The summed E-state index contributed by atoms with van der Waals surface area (Å²) in [7, 11) is 0. The van der Waals surface area contributed by atoms with Crippen molar-refractivity contribution in [2.45, 2.75) is 31.9 Å². The fourth-order valence-electron chi connectivity index (χ4n) is 5.05. The predicted octanol–water partition coefficient (Wildman–Crippen LogP) is 3.66. The molecule has 164 valence electrons. The lowest BCUT2D eigenvalue weighted by Gasteiger charge is -2.36. The van der Waals surface area contributed by atoms with Crippen LogP contribution in [0.5, 0.6) is 11.5 Å². The second kappa shape index (κ2) is 7.67. The van der Waals surface area contributed by atoms with Gasteiger partial charge in [0.25, 0.3) is 0 Å². The van der Waals surface area contributed by atoms with Gasteiger partial charge in [0.15, 0.2) is 11.5 Å².